The van der Waals surface area contributed by atoms with Crippen LogP contribution in [-0.2, 0) is 24.4 Å². The Morgan fingerprint density at radius 2 is 1.94 bits per heavy atom. The number of hydrogen-bond acceptors (Lipinski definition) is 5. The minimum atomic E-state index is -1.33. The quantitative estimate of drug-likeness (QED) is 0.627. The molecule has 0 aliphatic carbocycles. The van der Waals surface area contributed by atoms with Crippen LogP contribution in [-0.4, -0.2) is 28.3 Å². The smallest absolute Gasteiger partial charge is 0.341 e. The minimum Gasteiger partial charge on any atom is -0.489 e. The van der Waals surface area contributed by atoms with Crippen molar-refractivity contribution in [2.45, 2.75) is 33.4 Å². The molecule has 3 heterocycles. The Hall–Kier alpha value is -4.07. The number of fused-ring (bicyclic) bond motifs is 5. The standard InChI is InChI=1S/C26H24N2O6/c1-15(2)25(30)28-12-17-10-22(34-14-16-6-4-3-5-7-16)24-18(8-9-33-24)23(17)20-11-21(29)19(26(31)32)13-27(20)28/h3-7,10-11,13,15H,8-9,12,14H2,1-2H3,(H,31,32). The van der Waals surface area contributed by atoms with Crippen LogP contribution >= 0.6 is 0 Å². The fourth-order valence-corrected chi connectivity index (χ4v) is 4.48. The maximum absolute atomic E-state index is 13.1. The van der Waals surface area contributed by atoms with Gasteiger partial charge in [0.15, 0.2) is 16.9 Å². The van der Waals surface area contributed by atoms with Gasteiger partial charge in [0.05, 0.1) is 18.8 Å². The van der Waals surface area contributed by atoms with Gasteiger partial charge in [0, 0.05) is 35.7 Å². The van der Waals surface area contributed by atoms with Crippen molar-refractivity contribution in [1.82, 2.24) is 4.68 Å². The summed E-state index contributed by atoms with van der Waals surface area (Å²) in [5.41, 5.74) is 3.01. The van der Waals surface area contributed by atoms with Crippen molar-refractivity contribution in [1.29, 1.82) is 0 Å². The van der Waals surface area contributed by atoms with E-state index in [9.17, 15) is 19.5 Å². The monoisotopic (exact) mass is 460 g/mol. The zero-order valence-corrected chi connectivity index (χ0v) is 18.9. The highest BCUT2D eigenvalue weighted by Crippen LogP contribution is 2.46. The van der Waals surface area contributed by atoms with Crippen LogP contribution in [0, 0.1) is 5.92 Å². The van der Waals surface area contributed by atoms with Crippen LogP contribution in [0.15, 0.2) is 53.5 Å². The van der Waals surface area contributed by atoms with Crippen LogP contribution in [0.2, 0.25) is 0 Å². The summed E-state index contributed by atoms with van der Waals surface area (Å²) in [4.78, 5) is 37.3. The first-order valence-electron chi connectivity index (χ1n) is 11.2. The van der Waals surface area contributed by atoms with Crippen LogP contribution in [0.5, 0.6) is 11.5 Å². The van der Waals surface area contributed by atoms with E-state index in [2.05, 4.69) is 0 Å². The number of benzene rings is 2. The number of carboxylic acids is 1. The molecule has 2 aromatic carbocycles. The van der Waals surface area contributed by atoms with Crippen LogP contribution < -0.4 is 19.9 Å². The number of carbonyl (C=O) groups is 2. The van der Waals surface area contributed by atoms with Gasteiger partial charge in [-0.1, -0.05) is 44.2 Å². The molecular formula is C26H24N2O6. The number of carbonyl (C=O) groups excluding carboxylic acids is 1. The molecule has 0 atom stereocenters. The summed E-state index contributed by atoms with van der Waals surface area (Å²) in [5, 5.41) is 11.0. The molecule has 0 saturated heterocycles. The molecule has 174 valence electrons. The Labute approximate surface area is 195 Å². The fourth-order valence-electron chi connectivity index (χ4n) is 4.48. The second kappa shape index (κ2) is 8.37. The van der Waals surface area contributed by atoms with Gasteiger partial charge in [-0.25, -0.2) is 9.80 Å². The van der Waals surface area contributed by atoms with Gasteiger partial charge in [0.25, 0.3) is 0 Å². The van der Waals surface area contributed by atoms with Crippen LogP contribution in [0.3, 0.4) is 0 Å². The minimum absolute atomic E-state index is 0.185. The summed E-state index contributed by atoms with van der Waals surface area (Å²) in [7, 11) is 0. The Balaban J connectivity index is 1.66. The number of hydrogen-bond donors (Lipinski definition) is 1. The predicted octanol–water partition coefficient (Wildman–Crippen LogP) is 3.36. The van der Waals surface area contributed by atoms with Crippen molar-refractivity contribution in [3.05, 3.63) is 81.1 Å². The molecular weight excluding hydrogens is 436 g/mol. The molecule has 2 aliphatic rings. The number of pyridine rings is 1. The Bertz CT molecular complexity index is 1360. The van der Waals surface area contributed by atoms with Crippen molar-refractivity contribution in [2.24, 2.45) is 5.92 Å². The van der Waals surface area contributed by atoms with E-state index in [1.165, 1.54) is 21.9 Å². The van der Waals surface area contributed by atoms with Gasteiger partial charge in [0.2, 0.25) is 5.91 Å². The maximum atomic E-state index is 13.1. The van der Waals surface area contributed by atoms with Crippen LogP contribution in [0.25, 0.3) is 11.3 Å². The van der Waals surface area contributed by atoms with Crippen molar-refractivity contribution < 1.29 is 24.2 Å². The van der Waals surface area contributed by atoms with Gasteiger partial charge >= 0.3 is 5.97 Å². The van der Waals surface area contributed by atoms with Crippen LogP contribution in [0.1, 0.15) is 40.9 Å². The molecule has 0 saturated carbocycles. The van der Waals surface area contributed by atoms with E-state index in [1.54, 1.807) is 13.8 Å². The second-order valence-electron chi connectivity index (χ2n) is 8.73. The summed E-state index contributed by atoms with van der Waals surface area (Å²) in [6.07, 6.45) is 1.86. The zero-order valence-electron chi connectivity index (χ0n) is 18.9. The number of rotatable bonds is 5. The molecule has 3 aromatic rings. The Morgan fingerprint density at radius 1 is 1.18 bits per heavy atom. The lowest BCUT2D eigenvalue weighted by atomic mass is 9.93. The van der Waals surface area contributed by atoms with Crippen molar-refractivity contribution in [3.63, 3.8) is 0 Å². The first-order valence-corrected chi connectivity index (χ1v) is 11.2. The number of aromatic nitrogens is 1. The maximum Gasteiger partial charge on any atom is 0.341 e. The molecule has 0 unspecified atom stereocenters. The lowest BCUT2D eigenvalue weighted by molar-refractivity contribution is -0.123. The number of aromatic carboxylic acids is 1. The summed E-state index contributed by atoms with van der Waals surface area (Å²) in [6.45, 7) is 4.62. The van der Waals surface area contributed by atoms with Crippen molar-refractivity contribution in [3.8, 4) is 22.8 Å². The van der Waals surface area contributed by atoms with E-state index in [-0.39, 0.29) is 23.9 Å². The van der Waals surface area contributed by atoms with E-state index in [1.807, 2.05) is 36.4 Å². The van der Waals surface area contributed by atoms with Gasteiger partial charge in [-0.3, -0.25) is 14.3 Å². The number of nitrogens with zero attached hydrogens (tertiary/aromatic N) is 2. The zero-order chi connectivity index (χ0) is 24.0. The summed E-state index contributed by atoms with van der Waals surface area (Å²) in [5.74, 6) is -0.630. The van der Waals surface area contributed by atoms with Gasteiger partial charge in [-0.15, -0.1) is 0 Å². The highest BCUT2D eigenvalue weighted by Gasteiger charge is 2.34. The fraction of sp³-hybridized carbons (Fsp3) is 0.269. The molecule has 34 heavy (non-hydrogen) atoms. The summed E-state index contributed by atoms with van der Waals surface area (Å²) in [6, 6.07) is 13.0. The molecule has 1 N–H and O–H groups in total. The van der Waals surface area contributed by atoms with E-state index >= 15 is 0 Å². The third kappa shape index (κ3) is 3.61. The first kappa shape index (κ1) is 21.8. The topological polar surface area (TPSA) is 98.1 Å². The van der Waals surface area contributed by atoms with Crippen molar-refractivity contribution in [2.75, 3.05) is 11.6 Å². The third-order valence-electron chi connectivity index (χ3n) is 6.11. The summed E-state index contributed by atoms with van der Waals surface area (Å²) >= 11 is 0. The van der Waals surface area contributed by atoms with Crippen molar-refractivity contribution >= 4 is 11.9 Å². The predicted molar refractivity (Wildman–Crippen MR) is 125 cm³/mol. The second-order valence-corrected chi connectivity index (χ2v) is 8.73. The number of amides is 1. The molecule has 2 aliphatic heterocycles. The lowest BCUT2D eigenvalue weighted by Gasteiger charge is -2.35. The molecule has 0 spiro atoms. The molecule has 1 amide bonds. The summed E-state index contributed by atoms with van der Waals surface area (Å²) < 4.78 is 13.5. The highest BCUT2D eigenvalue weighted by atomic mass is 16.5. The van der Waals surface area contributed by atoms with Gasteiger partial charge in [-0.2, -0.15) is 0 Å². The number of carboxylic acid groups (broad SMARTS) is 1. The number of ether oxygens (including phenoxy) is 2. The highest BCUT2D eigenvalue weighted by molar-refractivity contribution is 5.92. The molecule has 1 aromatic heterocycles. The average molecular weight is 460 g/mol. The Morgan fingerprint density at radius 3 is 2.65 bits per heavy atom. The molecule has 8 heteroatoms. The van der Waals surface area contributed by atoms with E-state index in [0.29, 0.717) is 36.8 Å². The Kier molecular flexibility index (Phi) is 5.36. The molecule has 0 radical (unpaired) electrons. The largest absolute Gasteiger partial charge is 0.489 e. The van der Waals surface area contributed by atoms with E-state index in [0.717, 1.165) is 22.3 Å². The van der Waals surface area contributed by atoms with Crippen LogP contribution in [0.4, 0.5) is 0 Å². The lowest BCUT2D eigenvalue weighted by Crippen LogP contribution is -2.46. The first-order chi connectivity index (χ1) is 16.3. The normalized spacial score (nSPS) is 13.7. The SMILES string of the molecule is CC(C)C(=O)N1Cc2cc(OCc3ccccc3)c3c(c2-c2cc(=O)c(C(=O)O)cn21)CCO3. The van der Waals surface area contributed by atoms with Gasteiger partial charge < -0.3 is 14.6 Å². The third-order valence-corrected chi connectivity index (χ3v) is 6.11. The molecule has 0 fully saturated rings. The average Bonchev–Trinajstić information content (AvgIpc) is 3.31. The van der Waals surface area contributed by atoms with Gasteiger partial charge in [0.1, 0.15) is 12.2 Å². The molecule has 8 nitrogen and oxygen atoms in total. The van der Waals surface area contributed by atoms with Gasteiger partial charge in [-0.05, 0) is 17.2 Å². The molecule has 5 rings (SSSR count). The molecule has 0 bridgehead atoms. The van der Waals surface area contributed by atoms with E-state index in [4.69, 9.17) is 9.47 Å². The van der Waals surface area contributed by atoms with E-state index < -0.39 is 11.4 Å².